The largest absolute Gasteiger partial charge is 0.267 e. The van der Waals surface area contributed by atoms with Crippen molar-refractivity contribution < 1.29 is 12.6 Å². The van der Waals surface area contributed by atoms with E-state index in [1.54, 1.807) is 0 Å². The van der Waals surface area contributed by atoms with Crippen LogP contribution in [0.4, 0.5) is 0 Å². The molecule has 0 radical (unpaired) electrons. The van der Waals surface area contributed by atoms with Crippen LogP contribution in [0.5, 0.6) is 0 Å². The van der Waals surface area contributed by atoms with Gasteiger partial charge in [0.25, 0.3) is 10.1 Å². The SMILES string of the molecule is CS(=O)(=O)OC1CC(c2ccccc2)C2CC1C(c1ccccc1)C=C2c1ccccc1. The van der Waals surface area contributed by atoms with Crippen molar-refractivity contribution in [3.8, 4) is 0 Å². The van der Waals surface area contributed by atoms with Crippen LogP contribution in [-0.2, 0) is 14.3 Å². The Morgan fingerprint density at radius 3 is 1.88 bits per heavy atom. The van der Waals surface area contributed by atoms with E-state index < -0.39 is 10.1 Å². The number of hydrogen-bond donors (Lipinski definition) is 0. The van der Waals surface area contributed by atoms with Gasteiger partial charge >= 0.3 is 0 Å². The van der Waals surface area contributed by atoms with E-state index in [0.717, 1.165) is 6.42 Å². The molecule has 0 saturated heterocycles. The summed E-state index contributed by atoms with van der Waals surface area (Å²) in [7, 11) is -3.56. The summed E-state index contributed by atoms with van der Waals surface area (Å²) in [5.74, 6) is 0.766. The maximum Gasteiger partial charge on any atom is 0.264 e. The van der Waals surface area contributed by atoms with Crippen LogP contribution in [0.2, 0.25) is 0 Å². The molecule has 1 fully saturated rings. The molecule has 5 unspecified atom stereocenters. The zero-order chi connectivity index (χ0) is 22.1. The first-order valence-corrected chi connectivity index (χ1v) is 13.1. The van der Waals surface area contributed by atoms with E-state index in [1.807, 2.05) is 12.1 Å². The lowest BCUT2D eigenvalue weighted by Gasteiger charge is -2.48. The third-order valence-corrected chi connectivity index (χ3v) is 7.61. The zero-order valence-electron chi connectivity index (χ0n) is 18.2. The summed E-state index contributed by atoms with van der Waals surface area (Å²) in [6.45, 7) is 0. The number of benzene rings is 3. The Kier molecular flexibility index (Phi) is 5.75. The van der Waals surface area contributed by atoms with Gasteiger partial charge in [-0.05, 0) is 52.9 Å². The smallest absolute Gasteiger partial charge is 0.264 e. The van der Waals surface area contributed by atoms with Crippen LogP contribution in [0.1, 0.15) is 41.4 Å². The van der Waals surface area contributed by atoms with Gasteiger partial charge in [0.05, 0.1) is 12.4 Å². The van der Waals surface area contributed by atoms with E-state index in [1.165, 1.54) is 28.5 Å². The van der Waals surface area contributed by atoms with Gasteiger partial charge in [0.15, 0.2) is 0 Å². The second-order valence-corrected chi connectivity index (χ2v) is 10.6. The molecule has 3 nitrogen and oxygen atoms in total. The van der Waals surface area contributed by atoms with Crippen LogP contribution >= 0.6 is 0 Å². The fraction of sp³-hybridized carbons (Fsp3) is 0.286. The highest BCUT2D eigenvalue weighted by molar-refractivity contribution is 7.86. The minimum absolute atomic E-state index is 0.115. The highest BCUT2D eigenvalue weighted by Gasteiger charge is 2.47. The van der Waals surface area contributed by atoms with E-state index >= 15 is 0 Å². The Morgan fingerprint density at radius 1 is 0.719 bits per heavy atom. The lowest BCUT2D eigenvalue weighted by Crippen LogP contribution is -2.42. The Balaban J connectivity index is 1.66. The van der Waals surface area contributed by atoms with Crippen molar-refractivity contribution in [1.82, 2.24) is 0 Å². The average molecular weight is 445 g/mol. The molecule has 0 amide bonds. The first-order valence-electron chi connectivity index (χ1n) is 11.2. The molecule has 2 aliphatic carbocycles. The van der Waals surface area contributed by atoms with Gasteiger partial charge < -0.3 is 0 Å². The summed E-state index contributed by atoms with van der Waals surface area (Å²) < 4.78 is 30.1. The molecule has 0 N–H and O–H groups in total. The maximum atomic E-state index is 12.2. The molecule has 3 aromatic carbocycles. The molecule has 2 bridgehead atoms. The zero-order valence-corrected chi connectivity index (χ0v) is 19.0. The molecule has 0 heterocycles. The molecule has 1 saturated carbocycles. The topological polar surface area (TPSA) is 43.4 Å². The lowest BCUT2D eigenvalue weighted by molar-refractivity contribution is 0.0614. The van der Waals surface area contributed by atoms with Crippen LogP contribution in [0.15, 0.2) is 97.1 Å². The molecule has 32 heavy (non-hydrogen) atoms. The van der Waals surface area contributed by atoms with Gasteiger partial charge in [0.2, 0.25) is 0 Å². The van der Waals surface area contributed by atoms with Crippen molar-refractivity contribution in [1.29, 1.82) is 0 Å². The van der Waals surface area contributed by atoms with Gasteiger partial charge in [-0.3, -0.25) is 4.18 Å². The predicted octanol–water partition coefficient (Wildman–Crippen LogP) is 6.02. The van der Waals surface area contributed by atoms with Gasteiger partial charge in [-0.1, -0.05) is 97.1 Å². The van der Waals surface area contributed by atoms with Crippen LogP contribution in [0.3, 0.4) is 0 Å². The van der Waals surface area contributed by atoms with Crippen molar-refractivity contribution in [2.75, 3.05) is 6.26 Å². The molecular weight excluding hydrogens is 416 g/mol. The summed E-state index contributed by atoms with van der Waals surface area (Å²) in [5.41, 5.74) is 5.07. The van der Waals surface area contributed by atoms with Crippen LogP contribution in [0, 0.1) is 11.8 Å². The number of rotatable bonds is 5. The van der Waals surface area contributed by atoms with Crippen molar-refractivity contribution >= 4 is 15.7 Å². The van der Waals surface area contributed by atoms with Crippen LogP contribution in [-0.4, -0.2) is 20.8 Å². The van der Waals surface area contributed by atoms with E-state index in [2.05, 4.69) is 84.9 Å². The molecule has 0 aliphatic heterocycles. The predicted molar refractivity (Wildman–Crippen MR) is 129 cm³/mol. The van der Waals surface area contributed by atoms with Gasteiger partial charge in [-0.25, -0.2) is 0 Å². The van der Waals surface area contributed by atoms with Crippen molar-refractivity contribution in [3.63, 3.8) is 0 Å². The van der Waals surface area contributed by atoms with Gasteiger partial charge in [0, 0.05) is 5.92 Å². The van der Waals surface area contributed by atoms with Crippen LogP contribution in [0.25, 0.3) is 5.57 Å². The molecule has 0 spiro atoms. The molecular formula is C28H28O3S. The van der Waals surface area contributed by atoms with E-state index in [-0.39, 0.29) is 23.9 Å². The van der Waals surface area contributed by atoms with E-state index in [4.69, 9.17) is 4.18 Å². The quantitative estimate of drug-likeness (QED) is 0.452. The highest BCUT2D eigenvalue weighted by Crippen LogP contribution is 2.55. The number of fused-ring (bicyclic) bond motifs is 2. The second kappa shape index (κ2) is 8.68. The molecule has 4 heteroatoms. The van der Waals surface area contributed by atoms with Gasteiger partial charge in [-0.15, -0.1) is 0 Å². The highest BCUT2D eigenvalue weighted by atomic mass is 32.2. The third kappa shape index (κ3) is 4.30. The Morgan fingerprint density at radius 2 is 1.28 bits per heavy atom. The minimum atomic E-state index is -3.56. The lowest BCUT2D eigenvalue weighted by atomic mass is 9.58. The Bertz CT molecular complexity index is 1190. The molecule has 164 valence electrons. The normalized spacial score (nSPS) is 27.5. The summed E-state index contributed by atoms with van der Waals surface area (Å²) in [5, 5.41) is 0. The Hall–Kier alpha value is -2.69. The van der Waals surface area contributed by atoms with Crippen LogP contribution < -0.4 is 0 Å². The van der Waals surface area contributed by atoms with Gasteiger partial charge in [0.1, 0.15) is 0 Å². The maximum absolute atomic E-state index is 12.2. The molecule has 0 aromatic heterocycles. The monoisotopic (exact) mass is 444 g/mol. The van der Waals surface area contributed by atoms with Crippen molar-refractivity contribution in [2.45, 2.75) is 30.8 Å². The molecule has 3 aromatic rings. The molecule has 2 aliphatic rings. The average Bonchev–Trinajstić information content (AvgIpc) is 2.82. The summed E-state index contributed by atoms with van der Waals surface area (Å²) >= 11 is 0. The van der Waals surface area contributed by atoms with E-state index in [0.29, 0.717) is 12.3 Å². The second-order valence-electron chi connectivity index (χ2n) is 9.02. The number of hydrogen-bond acceptors (Lipinski definition) is 3. The fourth-order valence-corrected chi connectivity index (χ4v) is 6.39. The summed E-state index contributed by atoms with van der Waals surface area (Å²) in [4.78, 5) is 0. The fourth-order valence-electron chi connectivity index (χ4n) is 5.72. The summed E-state index contributed by atoms with van der Waals surface area (Å²) in [6, 6.07) is 31.5. The summed E-state index contributed by atoms with van der Waals surface area (Å²) in [6.07, 6.45) is 4.81. The standard InChI is InChI=1S/C28H28O3S/c1-32(29,30)31-28-19-25(22-15-9-4-10-16-22)26-18-27(28)24(21-13-7-3-8-14-21)17-23(26)20-11-5-2-6-12-20/h2-17,24-28H,18-19H2,1H3. The first-order chi connectivity index (χ1) is 15.5. The minimum Gasteiger partial charge on any atom is -0.267 e. The van der Waals surface area contributed by atoms with E-state index in [9.17, 15) is 8.42 Å². The van der Waals surface area contributed by atoms with Crippen molar-refractivity contribution in [3.05, 3.63) is 114 Å². The number of allylic oxidation sites excluding steroid dienone is 2. The first kappa shape index (κ1) is 21.2. The Labute approximate surface area is 190 Å². The van der Waals surface area contributed by atoms with Gasteiger partial charge in [-0.2, -0.15) is 8.42 Å². The van der Waals surface area contributed by atoms with Crippen molar-refractivity contribution in [2.24, 2.45) is 11.8 Å². The third-order valence-electron chi connectivity index (χ3n) is 7.01. The molecule has 5 rings (SSSR count). The molecule has 5 atom stereocenters.